The Bertz CT molecular complexity index is 1070. The number of hydrogen-bond donors (Lipinski definition) is 3. The molecule has 0 rings (SSSR count). The summed E-state index contributed by atoms with van der Waals surface area (Å²) < 4.78 is 244. The summed E-state index contributed by atoms with van der Waals surface area (Å²) >= 11 is 0. The molecule has 0 heterocycles. The van der Waals surface area contributed by atoms with Gasteiger partial charge in [0.2, 0.25) is 0 Å². The molecule has 0 amide bonds. The van der Waals surface area contributed by atoms with Gasteiger partial charge in [-0.3, -0.25) is 9.59 Å². The summed E-state index contributed by atoms with van der Waals surface area (Å²) in [7, 11) is -7.29. The summed E-state index contributed by atoms with van der Waals surface area (Å²) in [6.45, 7) is -0.469. The van der Waals surface area contributed by atoms with E-state index < -0.39 is 87.9 Å². The third-order valence-electron chi connectivity index (χ3n) is 4.49. The number of rotatable bonds is 14. The molecule has 8 nitrogen and oxygen atoms in total. The molecule has 0 fully saturated rings. The number of nitrogens with zero attached hydrogens (tertiary/aromatic N) is 1. The normalized spacial score (nSPS) is 15.1. The van der Waals surface area contributed by atoms with Crippen LogP contribution >= 0.6 is 0 Å². The molecule has 43 heavy (non-hydrogen) atoms. The summed E-state index contributed by atoms with van der Waals surface area (Å²) in [6.07, 6.45) is -8.68. The van der Waals surface area contributed by atoms with E-state index in [1.807, 2.05) is 0 Å². The van der Waals surface area contributed by atoms with Crippen molar-refractivity contribution >= 4 is 22.0 Å². The molecule has 252 valence electrons. The Hall–Kier alpha value is -1.38. The van der Waals surface area contributed by atoms with Crippen LogP contribution in [-0.4, -0.2) is 90.1 Å². The number of sulfonamides is 1. The fraction of sp³-hybridized carbons (Fsp3) is 0.875. The topological polar surface area (TPSA) is 149 Å². The summed E-state index contributed by atoms with van der Waals surface area (Å²) in [5.41, 5.74) is 5.00. The number of carboxylic acids is 2. The Labute approximate surface area is 250 Å². The molecule has 0 aromatic heterocycles. The van der Waals surface area contributed by atoms with Gasteiger partial charge in [-0.25, -0.2) is 8.42 Å². The average Bonchev–Trinajstić information content (AvgIpc) is 2.79. The van der Waals surface area contributed by atoms with Crippen molar-refractivity contribution in [3.63, 3.8) is 0 Å². The smallest absolute Gasteiger partial charge is 0.544 e. The van der Waals surface area contributed by atoms with Gasteiger partial charge in [-0.05, 0) is 6.42 Å². The third-order valence-corrected chi connectivity index (χ3v) is 5.92. The van der Waals surface area contributed by atoms with Gasteiger partial charge in [-0.2, -0.15) is 74.6 Å². The predicted octanol–water partition coefficient (Wildman–Crippen LogP) is 2.33. The van der Waals surface area contributed by atoms with Gasteiger partial charge in [0.15, 0.2) is 0 Å². The van der Waals surface area contributed by atoms with Crippen molar-refractivity contribution < 1.29 is 132 Å². The maximum absolute atomic E-state index is 13.4. The van der Waals surface area contributed by atoms with Crippen LogP contribution in [-0.2, 0) is 19.6 Å². The predicted molar refractivity (Wildman–Crippen MR) is 101 cm³/mol. The van der Waals surface area contributed by atoms with Crippen molar-refractivity contribution in [1.82, 2.24) is 0 Å². The second kappa shape index (κ2) is 14.4. The van der Waals surface area contributed by atoms with Crippen LogP contribution in [0.4, 0.5) is 74.6 Å². The first-order chi connectivity index (χ1) is 18.1. The van der Waals surface area contributed by atoms with E-state index in [0.29, 0.717) is 0 Å². The van der Waals surface area contributed by atoms with Gasteiger partial charge in [0.25, 0.3) is 0 Å². The van der Waals surface area contributed by atoms with Crippen molar-refractivity contribution in [2.45, 2.75) is 79.2 Å². The molecular formula is C16H16F17N2NaO6S. The van der Waals surface area contributed by atoms with E-state index in [1.54, 1.807) is 4.72 Å². The minimum atomic E-state index is -8.83. The molecule has 0 aliphatic heterocycles. The molecule has 0 spiro atoms. The minimum Gasteiger partial charge on any atom is -0.544 e. The Morgan fingerprint density at radius 2 is 1.02 bits per heavy atom. The van der Waals surface area contributed by atoms with Crippen LogP contribution in [0.2, 0.25) is 0 Å². The molecule has 0 aromatic carbocycles. The van der Waals surface area contributed by atoms with Crippen molar-refractivity contribution in [1.29, 1.82) is 0 Å². The van der Waals surface area contributed by atoms with Gasteiger partial charge >= 0.3 is 88.5 Å². The molecule has 0 bridgehead atoms. The first kappa shape index (κ1) is 46.0. The molecule has 4 N–H and O–H groups in total. The fourth-order valence-electron chi connectivity index (χ4n) is 2.01. The first-order valence-corrected chi connectivity index (χ1v) is 11.4. The van der Waals surface area contributed by atoms with Gasteiger partial charge in [0.1, 0.15) is 16.1 Å². The fourth-order valence-corrected chi connectivity index (χ4v) is 3.04. The molecule has 0 radical (unpaired) electrons. The molecule has 0 aromatic rings. The van der Waals surface area contributed by atoms with E-state index in [1.165, 1.54) is 0 Å². The van der Waals surface area contributed by atoms with Crippen molar-refractivity contribution in [2.75, 3.05) is 6.54 Å². The van der Waals surface area contributed by atoms with E-state index in [2.05, 4.69) is 0 Å². The number of carboxylic acid groups (broad SMARTS) is 2. The maximum Gasteiger partial charge on any atom is 1.00 e. The SMILES string of the molecule is CCC[N-]S(=O)(=O)C(F)(F)C(F)(F)C(F)(F)C(F)(F)C(F)(F)C(F)(F)C(F)(F)C(F)(F)F.N[C@@H](CCC(=O)O)C(=O)O.[Na+]. The quantitative estimate of drug-likeness (QED) is 0.185. The van der Waals surface area contributed by atoms with Crippen LogP contribution in [0.3, 0.4) is 0 Å². The molecule has 0 saturated heterocycles. The molecule has 0 aliphatic carbocycles. The van der Waals surface area contributed by atoms with Gasteiger partial charge in [0, 0.05) is 6.42 Å². The van der Waals surface area contributed by atoms with Crippen LogP contribution in [0.25, 0.3) is 4.72 Å². The van der Waals surface area contributed by atoms with Crippen molar-refractivity contribution in [3.05, 3.63) is 4.72 Å². The standard InChI is InChI=1S/C11H7F17NO2S.C5H9NO4.Na/c1-2-3-29-32(30,31)11(27,28)9(22,23)7(18,19)5(14,15)4(12,13)6(16,17)8(20,21)10(24,25)26;6-3(5(9)10)1-2-4(7)8;/h2-3H2,1H3;3H,1-2,6H2,(H,7,8)(H,9,10);/q-1;;+1/t;3-;/m.0./s1. The Morgan fingerprint density at radius 1 is 0.698 bits per heavy atom. The maximum atomic E-state index is 13.4. The molecule has 1 atom stereocenters. The van der Waals surface area contributed by atoms with Crippen LogP contribution in [0, 0.1) is 0 Å². The molecule has 0 saturated carbocycles. The van der Waals surface area contributed by atoms with Gasteiger partial charge < -0.3 is 20.7 Å². The molecule has 0 aliphatic rings. The van der Waals surface area contributed by atoms with Crippen molar-refractivity contribution in [2.24, 2.45) is 5.73 Å². The minimum absolute atomic E-state index is 0. The van der Waals surface area contributed by atoms with E-state index in [-0.39, 0.29) is 42.4 Å². The Balaban J connectivity index is -0.00000124. The zero-order valence-corrected chi connectivity index (χ0v) is 23.6. The largest absolute Gasteiger partial charge is 1.00 e. The van der Waals surface area contributed by atoms with E-state index in [9.17, 15) is 92.6 Å². The first-order valence-electron chi connectivity index (χ1n) is 9.95. The van der Waals surface area contributed by atoms with Crippen LogP contribution < -0.4 is 35.3 Å². The molecule has 27 heteroatoms. The van der Waals surface area contributed by atoms with E-state index in [0.717, 1.165) is 6.92 Å². The number of nitrogens with two attached hydrogens (primary N) is 1. The number of halogens is 17. The van der Waals surface area contributed by atoms with Crippen LogP contribution in [0.5, 0.6) is 0 Å². The number of carbonyl (C=O) groups is 2. The van der Waals surface area contributed by atoms with E-state index in [4.69, 9.17) is 15.9 Å². The molecular weight excluding hydrogens is 694 g/mol. The monoisotopic (exact) mass is 710 g/mol. The zero-order chi connectivity index (χ0) is 34.8. The number of aliphatic carboxylic acids is 2. The molecule has 0 unspecified atom stereocenters. The summed E-state index contributed by atoms with van der Waals surface area (Å²) in [5, 5.41) is 8.72. The van der Waals surface area contributed by atoms with Gasteiger partial charge in [0.05, 0.1) is 0 Å². The number of alkyl halides is 17. The van der Waals surface area contributed by atoms with Crippen LogP contribution in [0.1, 0.15) is 26.2 Å². The van der Waals surface area contributed by atoms with Gasteiger partial charge in [-0.15, -0.1) is 6.54 Å². The van der Waals surface area contributed by atoms with Crippen molar-refractivity contribution in [3.8, 4) is 0 Å². The summed E-state index contributed by atoms with van der Waals surface area (Å²) in [5.74, 6) is -53.7. The summed E-state index contributed by atoms with van der Waals surface area (Å²) in [4.78, 5) is 19.9. The second-order valence-electron chi connectivity index (χ2n) is 7.67. The zero-order valence-electron chi connectivity index (χ0n) is 20.8. The van der Waals surface area contributed by atoms with Crippen LogP contribution in [0.15, 0.2) is 0 Å². The average molecular weight is 710 g/mol. The summed E-state index contributed by atoms with van der Waals surface area (Å²) in [6, 6.07) is -1.06. The Kier molecular flexibility index (Phi) is 15.4. The Morgan fingerprint density at radius 3 is 1.30 bits per heavy atom. The second-order valence-corrected chi connectivity index (χ2v) is 9.39. The van der Waals surface area contributed by atoms with Gasteiger partial charge in [-0.1, -0.05) is 13.3 Å². The van der Waals surface area contributed by atoms with E-state index >= 15 is 0 Å². The third kappa shape index (κ3) is 8.46. The number of hydrogen-bond acceptors (Lipinski definition) is 5.